The summed E-state index contributed by atoms with van der Waals surface area (Å²) in [6.07, 6.45) is 3.72. The molecular weight excluding hydrogens is 229 g/mol. The summed E-state index contributed by atoms with van der Waals surface area (Å²) in [6, 6.07) is 10.3. The van der Waals surface area contributed by atoms with Gasteiger partial charge < -0.3 is 5.73 Å². The first kappa shape index (κ1) is 10.9. The first-order valence-corrected chi connectivity index (χ1v) is 5.70. The first-order chi connectivity index (χ1) is 8.78. The van der Waals surface area contributed by atoms with Crippen molar-refractivity contribution in [3.8, 4) is 11.4 Å². The molecule has 0 spiro atoms. The third-order valence-electron chi connectivity index (χ3n) is 2.93. The highest BCUT2D eigenvalue weighted by Crippen LogP contribution is 2.20. The maximum atomic E-state index is 12.9. The summed E-state index contributed by atoms with van der Waals surface area (Å²) in [6.45, 7) is 0.508. The van der Waals surface area contributed by atoms with E-state index in [0.29, 0.717) is 6.54 Å². The van der Waals surface area contributed by atoms with Gasteiger partial charge >= 0.3 is 0 Å². The Balaban J connectivity index is 2.15. The van der Waals surface area contributed by atoms with Gasteiger partial charge in [-0.3, -0.25) is 4.40 Å². The molecule has 3 nitrogen and oxygen atoms in total. The number of benzene rings is 1. The predicted molar refractivity (Wildman–Crippen MR) is 68.5 cm³/mol. The Kier molecular flexibility index (Phi) is 2.57. The van der Waals surface area contributed by atoms with Crippen LogP contribution in [0.5, 0.6) is 0 Å². The van der Waals surface area contributed by atoms with Gasteiger partial charge in [0.2, 0.25) is 0 Å². The SMILES string of the molecule is NCc1ccn2c(-c3ccc(F)cc3)ncc2c1. The molecule has 0 bridgehead atoms. The molecule has 2 N–H and O–H groups in total. The number of nitrogens with zero attached hydrogens (tertiary/aromatic N) is 2. The van der Waals surface area contributed by atoms with Crippen molar-refractivity contribution in [3.63, 3.8) is 0 Å². The van der Waals surface area contributed by atoms with Crippen molar-refractivity contribution >= 4 is 5.52 Å². The van der Waals surface area contributed by atoms with Crippen molar-refractivity contribution in [2.75, 3.05) is 0 Å². The van der Waals surface area contributed by atoms with Crippen molar-refractivity contribution in [1.29, 1.82) is 0 Å². The quantitative estimate of drug-likeness (QED) is 0.749. The van der Waals surface area contributed by atoms with Gasteiger partial charge in [0.1, 0.15) is 11.6 Å². The average Bonchev–Trinajstić information content (AvgIpc) is 2.82. The molecule has 3 rings (SSSR count). The predicted octanol–water partition coefficient (Wildman–Crippen LogP) is 2.60. The van der Waals surface area contributed by atoms with Crippen LogP contribution in [0.1, 0.15) is 5.56 Å². The lowest BCUT2D eigenvalue weighted by Crippen LogP contribution is -1.97. The normalized spacial score (nSPS) is 11.0. The van der Waals surface area contributed by atoms with Gasteiger partial charge in [0.05, 0.1) is 11.7 Å². The van der Waals surface area contributed by atoms with Crippen LogP contribution in [0, 0.1) is 5.82 Å². The number of fused-ring (bicyclic) bond motifs is 1. The monoisotopic (exact) mass is 241 g/mol. The number of rotatable bonds is 2. The summed E-state index contributed by atoms with van der Waals surface area (Å²) < 4.78 is 14.9. The topological polar surface area (TPSA) is 43.3 Å². The molecule has 90 valence electrons. The van der Waals surface area contributed by atoms with Gasteiger partial charge in [0.25, 0.3) is 0 Å². The van der Waals surface area contributed by atoms with Gasteiger partial charge in [-0.25, -0.2) is 9.37 Å². The number of hydrogen-bond acceptors (Lipinski definition) is 2. The molecule has 1 aromatic carbocycles. The van der Waals surface area contributed by atoms with Gasteiger partial charge in [-0.2, -0.15) is 0 Å². The summed E-state index contributed by atoms with van der Waals surface area (Å²) in [7, 11) is 0. The molecule has 0 unspecified atom stereocenters. The summed E-state index contributed by atoms with van der Waals surface area (Å²) in [4.78, 5) is 4.37. The lowest BCUT2D eigenvalue weighted by Gasteiger charge is -2.03. The largest absolute Gasteiger partial charge is 0.326 e. The molecular formula is C14H12FN3. The van der Waals surface area contributed by atoms with E-state index in [-0.39, 0.29) is 5.82 Å². The highest BCUT2D eigenvalue weighted by molar-refractivity contribution is 5.62. The minimum absolute atomic E-state index is 0.245. The fourth-order valence-corrected chi connectivity index (χ4v) is 1.99. The van der Waals surface area contributed by atoms with E-state index in [2.05, 4.69) is 4.98 Å². The van der Waals surface area contributed by atoms with Crippen LogP contribution in [0.3, 0.4) is 0 Å². The second kappa shape index (κ2) is 4.23. The Morgan fingerprint density at radius 2 is 1.94 bits per heavy atom. The molecule has 0 aliphatic rings. The third kappa shape index (κ3) is 1.76. The zero-order chi connectivity index (χ0) is 12.5. The van der Waals surface area contributed by atoms with Gasteiger partial charge in [0.15, 0.2) is 0 Å². The molecule has 0 saturated carbocycles. The summed E-state index contributed by atoms with van der Waals surface area (Å²) in [5.41, 5.74) is 8.54. The van der Waals surface area contributed by atoms with Crippen LogP contribution in [-0.4, -0.2) is 9.38 Å². The Morgan fingerprint density at radius 3 is 2.67 bits per heavy atom. The maximum absolute atomic E-state index is 12.9. The van der Waals surface area contributed by atoms with Crippen LogP contribution in [0.4, 0.5) is 4.39 Å². The van der Waals surface area contributed by atoms with Crippen molar-refractivity contribution in [2.45, 2.75) is 6.54 Å². The van der Waals surface area contributed by atoms with E-state index in [1.807, 2.05) is 22.7 Å². The molecule has 2 heterocycles. The zero-order valence-corrected chi connectivity index (χ0v) is 9.68. The Hall–Kier alpha value is -2.20. The van der Waals surface area contributed by atoms with E-state index in [9.17, 15) is 4.39 Å². The van der Waals surface area contributed by atoms with Crippen molar-refractivity contribution in [3.05, 3.63) is 60.2 Å². The maximum Gasteiger partial charge on any atom is 0.144 e. The summed E-state index contributed by atoms with van der Waals surface area (Å²) in [5.74, 6) is 0.554. The Morgan fingerprint density at radius 1 is 1.17 bits per heavy atom. The number of pyridine rings is 1. The number of nitrogens with two attached hydrogens (primary N) is 1. The van der Waals surface area contributed by atoms with E-state index in [0.717, 1.165) is 22.5 Å². The van der Waals surface area contributed by atoms with Crippen molar-refractivity contribution in [1.82, 2.24) is 9.38 Å². The lowest BCUT2D eigenvalue weighted by molar-refractivity contribution is 0.628. The zero-order valence-electron chi connectivity index (χ0n) is 9.68. The summed E-state index contributed by atoms with van der Waals surface area (Å²) in [5, 5.41) is 0. The number of hydrogen-bond donors (Lipinski definition) is 1. The standard InChI is InChI=1S/C14H12FN3/c15-12-3-1-11(2-4-12)14-17-9-13-7-10(8-16)5-6-18(13)14/h1-7,9H,8,16H2. The molecule has 0 fully saturated rings. The van der Waals surface area contributed by atoms with E-state index in [1.54, 1.807) is 18.3 Å². The number of aromatic nitrogens is 2. The smallest absolute Gasteiger partial charge is 0.144 e. The number of halogens is 1. The van der Waals surface area contributed by atoms with Crippen LogP contribution < -0.4 is 5.73 Å². The second-order valence-corrected chi connectivity index (χ2v) is 4.12. The summed E-state index contributed by atoms with van der Waals surface area (Å²) >= 11 is 0. The van der Waals surface area contributed by atoms with Crippen LogP contribution in [-0.2, 0) is 6.54 Å². The molecule has 0 atom stereocenters. The Bertz CT molecular complexity index is 686. The van der Waals surface area contributed by atoms with Crippen LogP contribution in [0.25, 0.3) is 16.9 Å². The molecule has 2 aromatic heterocycles. The van der Waals surface area contributed by atoms with E-state index < -0.39 is 0 Å². The average molecular weight is 241 g/mol. The van der Waals surface area contributed by atoms with Crippen LogP contribution in [0.2, 0.25) is 0 Å². The minimum atomic E-state index is -0.245. The van der Waals surface area contributed by atoms with Crippen LogP contribution >= 0.6 is 0 Å². The minimum Gasteiger partial charge on any atom is -0.326 e. The molecule has 0 amide bonds. The highest BCUT2D eigenvalue weighted by atomic mass is 19.1. The Labute approximate surface area is 104 Å². The van der Waals surface area contributed by atoms with E-state index >= 15 is 0 Å². The fourth-order valence-electron chi connectivity index (χ4n) is 1.99. The fraction of sp³-hybridized carbons (Fsp3) is 0.0714. The molecule has 0 radical (unpaired) electrons. The molecule has 3 aromatic rings. The van der Waals surface area contributed by atoms with Crippen molar-refractivity contribution < 1.29 is 4.39 Å². The molecule has 0 aliphatic heterocycles. The lowest BCUT2D eigenvalue weighted by atomic mass is 10.2. The van der Waals surface area contributed by atoms with Gasteiger partial charge in [-0.1, -0.05) is 0 Å². The second-order valence-electron chi connectivity index (χ2n) is 4.12. The molecule has 0 aliphatic carbocycles. The highest BCUT2D eigenvalue weighted by Gasteiger charge is 2.06. The van der Waals surface area contributed by atoms with Gasteiger partial charge in [-0.15, -0.1) is 0 Å². The number of imidazole rings is 1. The van der Waals surface area contributed by atoms with Crippen molar-refractivity contribution in [2.24, 2.45) is 5.73 Å². The third-order valence-corrected chi connectivity index (χ3v) is 2.93. The molecule has 18 heavy (non-hydrogen) atoms. The van der Waals surface area contributed by atoms with E-state index in [4.69, 9.17) is 5.73 Å². The van der Waals surface area contributed by atoms with Crippen LogP contribution in [0.15, 0.2) is 48.8 Å². The van der Waals surface area contributed by atoms with E-state index in [1.165, 1.54) is 12.1 Å². The van der Waals surface area contributed by atoms with Gasteiger partial charge in [-0.05, 0) is 42.0 Å². The first-order valence-electron chi connectivity index (χ1n) is 5.70. The van der Waals surface area contributed by atoms with Gasteiger partial charge in [0, 0.05) is 18.3 Å². The molecule has 0 saturated heterocycles. The molecule has 4 heteroatoms.